The second-order valence-electron chi connectivity index (χ2n) is 7.60. The van der Waals surface area contributed by atoms with Gasteiger partial charge in [-0.05, 0) is 48.8 Å². The Morgan fingerprint density at radius 1 is 1.32 bits per heavy atom. The summed E-state index contributed by atoms with van der Waals surface area (Å²) in [6, 6.07) is 5.30. The first kappa shape index (κ1) is 20.7. The predicted octanol–water partition coefficient (Wildman–Crippen LogP) is 4.38. The van der Waals surface area contributed by atoms with Gasteiger partial charge in [0.05, 0.1) is 22.9 Å². The number of carbonyl (C=O) groups excluding carboxylic acids is 2. The van der Waals surface area contributed by atoms with Gasteiger partial charge in [0.25, 0.3) is 5.91 Å². The monoisotopic (exact) mass is 468 g/mol. The largest absolute Gasteiger partial charge is 0.444 e. The molecule has 0 saturated heterocycles. The molecule has 0 fully saturated rings. The highest BCUT2D eigenvalue weighted by molar-refractivity contribution is 9.10. The molecule has 0 atom stereocenters. The van der Waals surface area contributed by atoms with E-state index in [0.29, 0.717) is 40.4 Å². The van der Waals surface area contributed by atoms with Crippen molar-refractivity contribution in [2.45, 2.75) is 39.3 Å². The summed E-state index contributed by atoms with van der Waals surface area (Å²) in [6.45, 7) is 6.31. The van der Waals surface area contributed by atoms with Crippen molar-refractivity contribution in [1.29, 1.82) is 0 Å². The van der Waals surface area contributed by atoms with Crippen LogP contribution < -0.4 is 5.32 Å². The Balaban J connectivity index is 1.78. The number of benzene rings is 1. The molecule has 28 heavy (non-hydrogen) atoms. The lowest BCUT2D eigenvalue weighted by Gasteiger charge is -2.29. The van der Waals surface area contributed by atoms with Crippen LogP contribution >= 0.6 is 27.5 Å². The van der Waals surface area contributed by atoms with E-state index in [4.69, 9.17) is 16.3 Å². The molecule has 1 aromatic heterocycles. The molecule has 1 aliphatic rings. The molecule has 0 spiro atoms. The summed E-state index contributed by atoms with van der Waals surface area (Å²) < 4.78 is 7.89. The Morgan fingerprint density at radius 3 is 2.71 bits per heavy atom. The van der Waals surface area contributed by atoms with E-state index in [1.54, 1.807) is 34.7 Å². The van der Waals surface area contributed by atoms with Crippen LogP contribution in [0.25, 0.3) is 0 Å². The molecule has 9 heteroatoms. The van der Waals surface area contributed by atoms with E-state index >= 15 is 0 Å². The van der Waals surface area contributed by atoms with Crippen molar-refractivity contribution < 1.29 is 14.3 Å². The Kier molecular flexibility index (Phi) is 5.72. The van der Waals surface area contributed by atoms with Crippen LogP contribution in [0, 0.1) is 0 Å². The van der Waals surface area contributed by atoms with Crippen molar-refractivity contribution in [1.82, 2.24) is 14.5 Å². The number of halogens is 2. The number of nitrogens with one attached hydrogen (secondary N) is 1. The summed E-state index contributed by atoms with van der Waals surface area (Å²) in [5, 5.41) is 3.22. The van der Waals surface area contributed by atoms with Gasteiger partial charge < -0.3 is 19.5 Å². The molecule has 1 aliphatic heterocycles. The number of ether oxygens (including phenoxy) is 1. The molecular formula is C19H22BrClN4O3. The zero-order valence-corrected chi connectivity index (χ0v) is 18.5. The van der Waals surface area contributed by atoms with Gasteiger partial charge in [-0.15, -0.1) is 0 Å². The molecule has 2 aromatic rings. The Morgan fingerprint density at radius 2 is 2.04 bits per heavy atom. The van der Waals surface area contributed by atoms with Crippen molar-refractivity contribution in [2.75, 3.05) is 11.9 Å². The highest BCUT2D eigenvalue weighted by atomic mass is 79.9. The minimum Gasteiger partial charge on any atom is -0.444 e. The maximum atomic E-state index is 12.7. The van der Waals surface area contributed by atoms with Crippen LogP contribution in [0.4, 0.5) is 10.5 Å². The van der Waals surface area contributed by atoms with Crippen molar-refractivity contribution in [2.24, 2.45) is 7.05 Å². The van der Waals surface area contributed by atoms with E-state index in [-0.39, 0.29) is 17.8 Å². The van der Waals surface area contributed by atoms with Crippen LogP contribution in [0.3, 0.4) is 0 Å². The number of hydrogen-bond acceptors (Lipinski definition) is 4. The number of nitrogens with zero attached hydrogens (tertiary/aromatic N) is 3. The van der Waals surface area contributed by atoms with Crippen molar-refractivity contribution in [3.05, 3.63) is 44.9 Å². The highest BCUT2D eigenvalue weighted by Crippen LogP contribution is 2.30. The Bertz CT molecular complexity index is 936. The van der Waals surface area contributed by atoms with Crippen molar-refractivity contribution in [3.8, 4) is 0 Å². The molecule has 0 bridgehead atoms. The minimum atomic E-state index is -0.560. The summed E-state index contributed by atoms with van der Waals surface area (Å²) >= 11 is 9.57. The van der Waals surface area contributed by atoms with Gasteiger partial charge in [-0.1, -0.05) is 17.7 Å². The molecule has 0 aliphatic carbocycles. The van der Waals surface area contributed by atoms with Gasteiger partial charge in [0, 0.05) is 30.2 Å². The second kappa shape index (κ2) is 7.75. The molecule has 3 rings (SSSR count). The zero-order chi connectivity index (χ0) is 20.6. The summed E-state index contributed by atoms with van der Waals surface area (Å²) in [5.74, 6) is -0.0900. The maximum Gasteiger partial charge on any atom is 0.410 e. The summed E-state index contributed by atoms with van der Waals surface area (Å²) in [5.41, 5.74) is 1.57. The third-order valence-electron chi connectivity index (χ3n) is 4.31. The topological polar surface area (TPSA) is 76.5 Å². The van der Waals surface area contributed by atoms with Crippen LogP contribution in [-0.4, -0.2) is 38.6 Å². The van der Waals surface area contributed by atoms with Gasteiger partial charge in [-0.25, -0.2) is 9.78 Å². The fraction of sp³-hybridized carbons (Fsp3) is 0.421. The van der Waals surface area contributed by atoms with Gasteiger partial charge >= 0.3 is 6.09 Å². The van der Waals surface area contributed by atoms with E-state index in [1.165, 1.54) is 0 Å². The molecule has 2 heterocycles. The first-order chi connectivity index (χ1) is 13.1. The number of hydrogen-bond donors (Lipinski definition) is 1. The number of amides is 2. The Labute approximate surface area is 177 Å². The van der Waals surface area contributed by atoms with Crippen molar-refractivity contribution in [3.63, 3.8) is 0 Å². The average molecular weight is 470 g/mol. The number of imidazole rings is 1. The average Bonchev–Trinajstić information content (AvgIpc) is 2.94. The molecule has 2 amide bonds. The van der Waals surface area contributed by atoms with Crippen LogP contribution in [0.2, 0.25) is 5.02 Å². The predicted molar refractivity (Wildman–Crippen MR) is 111 cm³/mol. The smallest absolute Gasteiger partial charge is 0.410 e. The van der Waals surface area contributed by atoms with E-state index in [2.05, 4.69) is 26.2 Å². The van der Waals surface area contributed by atoms with E-state index in [9.17, 15) is 9.59 Å². The zero-order valence-electron chi connectivity index (χ0n) is 16.2. The molecule has 0 unspecified atom stereocenters. The van der Waals surface area contributed by atoms with E-state index in [0.717, 1.165) is 5.69 Å². The van der Waals surface area contributed by atoms with E-state index in [1.807, 2.05) is 20.8 Å². The molecular weight excluding hydrogens is 448 g/mol. The number of aromatic nitrogens is 2. The number of anilines is 1. The maximum absolute atomic E-state index is 12.7. The van der Waals surface area contributed by atoms with Crippen molar-refractivity contribution >= 4 is 45.2 Å². The van der Waals surface area contributed by atoms with Gasteiger partial charge in [-0.3, -0.25) is 4.79 Å². The lowest BCUT2D eigenvalue weighted by atomic mass is 10.1. The second-order valence-corrected chi connectivity index (χ2v) is 8.83. The first-order valence-electron chi connectivity index (χ1n) is 8.84. The minimum absolute atomic E-state index is 0.270. The highest BCUT2D eigenvalue weighted by Gasteiger charge is 2.30. The molecule has 0 radical (unpaired) electrons. The molecule has 150 valence electrons. The SMILES string of the molecule is Cn1c(C(=O)Nc2cccc(Br)c2Cl)nc2c1CCN(C(=O)OC(C)(C)C)C2. The lowest BCUT2D eigenvalue weighted by Crippen LogP contribution is -2.40. The standard InChI is InChI=1S/C19H22BrClN4O3/c1-19(2,3)28-18(27)25-9-8-14-13(10-25)22-16(24(14)4)17(26)23-12-7-5-6-11(20)15(12)21/h5-7H,8-10H2,1-4H3,(H,23,26). The van der Waals surface area contributed by atoms with Gasteiger partial charge in [0.1, 0.15) is 5.60 Å². The molecule has 1 aromatic carbocycles. The number of fused-ring (bicyclic) bond motifs is 1. The van der Waals surface area contributed by atoms with E-state index < -0.39 is 5.60 Å². The summed E-state index contributed by atoms with van der Waals surface area (Å²) in [4.78, 5) is 31.2. The van der Waals surface area contributed by atoms with Gasteiger partial charge in [0.2, 0.25) is 0 Å². The van der Waals surface area contributed by atoms with Gasteiger partial charge in [-0.2, -0.15) is 0 Å². The fourth-order valence-electron chi connectivity index (χ4n) is 2.99. The van der Waals surface area contributed by atoms with Crippen LogP contribution in [0.5, 0.6) is 0 Å². The lowest BCUT2D eigenvalue weighted by molar-refractivity contribution is 0.0220. The van der Waals surface area contributed by atoms with Crippen LogP contribution in [-0.2, 0) is 24.8 Å². The number of carbonyl (C=O) groups is 2. The Hall–Kier alpha value is -2.06. The van der Waals surface area contributed by atoms with Gasteiger partial charge in [0.15, 0.2) is 5.82 Å². The third kappa shape index (κ3) is 4.33. The van der Waals surface area contributed by atoms with Crippen LogP contribution in [0.15, 0.2) is 22.7 Å². The summed E-state index contributed by atoms with van der Waals surface area (Å²) in [7, 11) is 1.80. The molecule has 0 saturated carbocycles. The van der Waals surface area contributed by atoms with Crippen LogP contribution in [0.1, 0.15) is 42.8 Å². The molecule has 7 nitrogen and oxygen atoms in total. The normalized spacial score (nSPS) is 13.9. The quantitative estimate of drug-likeness (QED) is 0.708. The first-order valence-corrected chi connectivity index (χ1v) is 10.0. The molecule has 1 N–H and O–H groups in total. The fourth-order valence-corrected chi connectivity index (χ4v) is 3.53. The number of rotatable bonds is 2. The third-order valence-corrected chi connectivity index (χ3v) is 5.61. The summed E-state index contributed by atoms with van der Waals surface area (Å²) in [6.07, 6.45) is 0.221.